The van der Waals surface area contributed by atoms with Gasteiger partial charge in [-0.2, -0.15) is 5.10 Å². The molecule has 2 N–H and O–H groups in total. The van der Waals surface area contributed by atoms with Gasteiger partial charge in [-0.15, -0.1) is 0 Å². The van der Waals surface area contributed by atoms with Gasteiger partial charge in [0.2, 0.25) is 0 Å². The molecule has 0 spiro atoms. The van der Waals surface area contributed by atoms with Crippen LogP contribution >= 0.6 is 0 Å². The highest BCUT2D eigenvalue weighted by atomic mass is 16.5. The molecule has 0 bridgehead atoms. The molecule has 2 rings (SSSR count). The van der Waals surface area contributed by atoms with E-state index >= 15 is 0 Å². The first-order valence-corrected chi connectivity index (χ1v) is 7.69. The SMILES string of the molecule is COc1ccc(NCC(=O)N/N=C\c2ccc(OCC(=O)[O-])cc2)cc1. The van der Waals surface area contributed by atoms with Gasteiger partial charge in [-0.25, -0.2) is 5.43 Å². The van der Waals surface area contributed by atoms with E-state index in [1.807, 2.05) is 0 Å². The van der Waals surface area contributed by atoms with Crippen LogP contribution in [0.15, 0.2) is 53.6 Å². The van der Waals surface area contributed by atoms with E-state index in [1.165, 1.54) is 6.21 Å². The Morgan fingerprint density at radius 2 is 1.73 bits per heavy atom. The first kappa shape index (κ1) is 18.8. The van der Waals surface area contributed by atoms with E-state index < -0.39 is 12.6 Å². The molecule has 0 aliphatic heterocycles. The van der Waals surface area contributed by atoms with Gasteiger partial charge in [0.25, 0.3) is 5.91 Å². The van der Waals surface area contributed by atoms with Crippen molar-refractivity contribution in [2.24, 2.45) is 5.10 Å². The second-order valence-corrected chi connectivity index (χ2v) is 5.10. The van der Waals surface area contributed by atoms with Crippen LogP contribution in [0.25, 0.3) is 0 Å². The first-order chi connectivity index (χ1) is 12.6. The topological polar surface area (TPSA) is 112 Å². The fraction of sp³-hybridized carbons (Fsp3) is 0.167. The Labute approximate surface area is 150 Å². The third-order valence-corrected chi connectivity index (χ3v) is 3.18. The van der Waals surface area contributed by atoms with E-state index in [4.69, 9.17) is 9.47 Å². The summed E-state index contributed by atoms with van der Waals surface area (Å²) in [5.41, 5.74) is 3.91. The normalized spacial score (nSPS) is 10.3. The molecule has 2 aromatic carbocycles. The number of amides is 1. The summed E-state index contributed by atoms with van der Waals surface area (Å²) in [6, 6.07) is 13.7. The third-order valence-electron chi connectivity index (χ3n) is 3.18. The highest BCUT2D eigenvalue weighted by Crippen LogP contribution is 2.14. The van der Waals surface area contributed by atoms with E-state index in [1.54, 1.807) is 55.6 Å². The van der Waals surface area contributed by atoms with E-state index in [2.05, 4.69) is 15.8 Å². The number of hydrogen-bond acceptors (Lipinski definition) is 7. The molecule has 1 amide bonds. The van der Waals surface area contributed by atoms with Crippen LogP contribution < -0.4 is 25.3 Å². The van der Waals surface area contributed by atoms with Crippen LogP contribution in [0.3, 0.4) is 0 Å². The number of anilines is 1. The highest BCUT2D eigenvalue weighted by molar-refractivity contribution is 5.84. The lowest BCUT2D eigenvalue weighted by Gasteiger charge is -2.07. The van der Waals surface area contributed by atoms with Crippen molar-refractivity contribution in [2.45, 2.75) is 0 Å². The molecule has 2 aromatic rings. The fourth-order valence-electron chi connectivity index (χ4n) is 1.90. The molecular formula is C18H18N3O5-. The summed E-state index contributed by atoms with van der Waals surface area (Å²) in [4.78, 5) is 22.0. The predicted molar refractivity (Wildman–Crippen MR) is 94.2 cm³/mol. The van der Waals surface area contributed by atoms with Crippen molar-refractivity contribution >= 4 is 23.8 Å². The van der Waals surface area contributed by atoms with E-state index in [0.29, 0.717) is 11.3 Å². The molecule has 0 saturated heterocycles. The maximum atomic E-state index is 11.7. The maximum absolute atomic E-state index is 11.7. The summed E-state index contributed by atoms with van der Waals surface area (Å²) < 4.78 is 10.0. The molecule has 26 heavy (non-hydrogen) atoms. The Morgan fingerprint density at radius 1 is 1.08 bits per heavy atom. The van der Waals surface area contributed by atoms with Gasteiger partial charge in [0.05, 0.1) is 25.8 Å². The van der Waals surface area contributed by atoms with E-state index in [9.17, 15) is 14.7 Å². The van der Waals surface area contributed by atoms with Crippen LogP contribution in [-0.2, 0) is 9.59 Å². The summed E-state index contributed by atoms with van der Waals surface area (Å²) >= 11 is 0. The maximum Gasteiger partial charge on any atom is 0.259 e. The standard InChI is InChI=1S/C18H19N3O5/c1-25-15-8-4-14(5-9-15)19-11-17(22)21-20-10-13-2-6-16(7-3-13)26-12-18(23)24/h2-10,19H,11-12H2,1H3,(H,21,22)(H,23,24)/p-1/b20-10-. The number of carboxylic acids is 1. The lowest BCUT2D eigenvalue weighted by Crippen LogP contribution is -2.28. The van der Waals surface area contributed by atoms with Gasteiger partial charge in [-0.1, -0.05) is 0 Å². The number of nitrogens with zero attached hydrogens (tertiary/aromatic N) is 1. The van der Waals surface area contributed by atoms with Crippen LogP contribution in [0.5, 0.6) is 11.5 Å². The Kier molecular flexibility index (Phi) is 6.99. The minimum absolute atomic E-state index is 0.0691. The van der Waals surface area contributed by atoms with Gasteiger partial charge in [0.15, 0.2) is 0 Å². The second kappa shape index (κ2) is 9.67. The molecule has 8 nitrogen and oxygen atoms in total. The Bertz CT molecular complexity index is 757. The van der Waals surface area contributed by atoms with Crippen molar-refractivity contribution in [1.82, 2.24) is 5.43 Å². The van der Waals surface area contributed by atoms with Crippen LogP contribution in [0, 0.1) is 0 Å². The molecular weight excluding hydrogens is 338 g/mol. The third kappa shape index (κ3) is 6.52. The van der Waals surface area contributed by atoms with Crippen molar-refractivity contribution in [1.29, 1.82) is 0 Å². The summed E-state index contributed by atoms with van der Waals surface area (Å²) in [6.07, 6.45) is 1.47. The monoisotopic (exact) mass is 356 g/mol. The number of methoxy groups -OCH3 is 1. The molecule has 8 heteroatoms. The van der Waals surface area contributed by atoms with Crippen LogP contribution in [0.2, 0.25) is 0 Å². The number of carbonyl (C=O) groups excluding carboxylic acids is 2. The first-order valence-electron chi connectivity index (χ1n) is 7.69. The largest absolute Gasteiger partial charge is 0.546 e. The zero-order chi connectivity index (χ0) is 18.8. The lowest BCUT2D eigenvalue weighted by atomic mass is 10.2. The fourth-order valence-corrected chi connectivity index (χ4v) is 1.90. The number of carboxylic acid groups (broad SMARTS) is 1. The number of ether oxygens (including phenoxy) is 2. The number of nitrogens with one attached hydrogen (secondary N) is 2. The van der Waals surface area contributed by atoms with Crippen LogP contribution in [0.1, 0.15) is 5.56 Å². The van der Waals surface area contributed by atoms with Crippen LogP contribution in [0.4, 0.5) is 5.69 Å². The molecule has 136 valence electrons. The van der Waals surface area contributed by atoms with Gasteiger partial charge < -0.3 is 24.7 Å². The van der Waals surface area contributed by atoms with Gasteiger partial charge in [0, 0.05) is 5.69 Å². The second-order valence-electron chi connectivity index (χ2n) is 5.10. The lowest BCUT2D eigenvalue weighted by molar-refractivity contribution is -0.307. The average molecular weight is 356 g/mol. The van der Waals surface area contributed by atoms with Crippen molar-refractivity contribution in [2.75, 3.05) is 25.6 Å². The molecule has 0 saturated carbocycles. The van der Waals surface area contributed by atoms with Crippen LogP contribution in [-0.4, -0.2) is 38.4 Å². The molecule has 0 aliphatic carbocycles. The quantitative estimate of drug-likeness (QED) is 0.496. The number of benzene rings is 2. The number of hydrazone groups is 1. The molecule has 0 aliphatic rings. The number of aliphatic carboxylic acids is 1. The van der Waals surface area contributed by atoms with E-state index in [0.717, 1.165) is 11.4 Å². The Hall–Kier alpha value is -3.55. The molecule has 0 heterocycles. The molecule has 0 atom stereocenters. The van der Waals surface area contributed by atoms with Crippen molar-refractivity contribution in [3.05, 3.63) is 54.1 Å². The zero-order valence-corrected chi connectivity index (χ0v) is 14.1. The minimum Gasteiger partial charge on any atom is -0.546 e. The van der Waals surface area contributed by atoms with Crippen molar-refractivity contribution in [3.63, 3.8) is 0 Å². The summed E-state index contributed by atoms with van der Waals surface area (Å²) in [5.74, 6) is -0.452. The molecule has 0 radical (unpaired) electrons. The molecule has 0 fully saturated rings. The predicted octanol–water partition coefficient (Wildman–Crippen LogP) is 0.386. The molecule has 0 unspecified atom stereocenters. The summed E-state index contributed by atoms with van der Waals surface area (Å²) in [6.45, 7) is -0.440. The smallest absolute Gasteiger partial charge is 0.259 e. The van der Waals surface area contributed by atoms with Gasteiger partial charge in [-0.05, 0) is 54.1 Å². The number of hydrogen-bond donors (Lipinski definition) is 2. The Balaban J connectivity index is 1.74. The Morgan fingerprint density at radius 3 is 2.35 bits per heavy atom. The van der Waals surface area contributed by atoms with Crippen molar-refractivity contribution < 1.29 is 24.2 Å². The van der Waals surface area contributed by atoms with Gasteiger partial charge >= 0.3 is 0 Å². The summed E-state index contributed by atoms with van der Waals surface area (Å²) in [7, 11) is 1.59. The molecule has 0 aromatic heterocycles. The number of rotatable bonds is 9. The van der Waals surface area contributed by atoms with E-state index in [-0.39, 0.29) is 12.5 Å². The highest BCUT2D eigenvalue weighted by Gasteiger charge is 2.00. The van der Waals surface area contributed by atoms with Gasteiger partial charge in [0.1, 0.15) is 18.1 Å². The zero-order valence-electron chi connectivity index (χ0n) is 14.1. The summed E-state index contributed by atoms with van der Waals surface area (Å²) in [5, 5.41) is 17.1. The van der Waals surface area contributed by atoms with Gasteiger partial charge in [-0.3, -0.25) is 4.79 Å². The number of carbonyl (C=O) groups is 2. The minimum atomic E-state index is -1.29. The van der Waals surface area contributed by atoms with Crippen molar-refractivity contribution in [3.8, 4) is 11.5 Å². The average Bonchev–Trinajstić information content (AvgIpc) is 2.66.